The van der Waals surface area contributed by atoms with Crippen molar-refractivity contribution in [3.05, 3.63) is 29.8 Å². The normalized spacial score (nSPS) is 14.0. The Balaban J connectivity index is 2.83. The highest BCUT2D eigenvalue weighted by atomic mass is 16.5. The topological polar surface area (TPSA) is 38.3 Å². The van der Waals surface area contributed by atoms with Crippen LogP contribution in [0.1, 0.15) is 32.8 Å². The van der Waals surface area contributed by atoms with Crippen LogP contribution >= 0.6 is 0 Å². The first-order valence-corrected chi connectivity index (χ1v) is 6.85. The Morgan fingerprint density at radius 1 is 1.32 bits per heavy atom. The number of esters is 1. The highest BCUT2D eigenvalue weighted by Gasteiger charge is 2.26. The Morgan fingerprint density at radius 3 is 2.53 bits per heavy atom. The zero-order valence-electron chi connectivity index (χ0n) is 12.6. The van der Waals surface area contributed by atoms with Gasteiger partial charge in [0.05, 0.1) is 7.11 Å². The molecule has 3 heteroatoms. The van der Waals surface area contributed by atoms with Crippen molar-refractivity contribution in [2.45, 2.75) is 40.2 Å². The van der Waals surface area contributed by atoms with Crippen molar-refractivity contribution >= 4 is 11.7 Å². The Hall–Kier alpha value is -1.51. The first-order valence-electron chi connectivity index (χ1n) is 6.85. The molecule has 0 radical (unpaired) electrons. The molecule has 0 aliphatic rings. The fraction of sp³-hybridized carbons (Fsp3) is 0.562. The largest absolute Gasteiger partial charge is 0.467 e. The molecule has 1 N–H and O–H groups in total. The van der Waals surface area contributed by atoms with Crippen LogP contribution in [0.15, 0.2) is 24.3 Å². The summed E-state index contributed by atoms with van der Waals surface area (Å²) in [6.07, 6.45) is 0.985. The van der Waals surface area contributed by atoms with Gasteiger partial charge >= 0.3 is 5.97 Å². The van der Waals surface area contributed by atoms with Crippen molar-refractivity contribution in [1.29, 1.82) is 0 Å². The zero-order valence-corrected chi connectivity index (χ0v) is 12.6. The van der Waals surface area contributed by atoms with Crippen molar-refractivity contribution in [3.8, 4) is 0 Å². The van der Waals surface area contributed by atoms with Gasteiger partial charge in [-0.1, -0.05) is 32.9 Å². The minimum absolute atomic E-state index is 0.199. The predicted octanol–water partition coefficient (Wildman–Crippen LogP) is 3.63. The van der Waals surface area contributed by atoms with Gasteiger partial charge in [-0.05, 0) is 42.9 Å². The number of aryl methyl sites for hydroxylation is 1. The molecule has 0 saturated carbocycles. The quantitative estimate of drug-likeness (QED) is 0.796. The van der Waals surface area contributed by atoms with Gasteiger partial charge in [-0.2, -0.15) is 0 Å². The lowest BCUT2D eigenvalue weighted by molar-refractivity contribution is -0.142. The third-order valence-corrected chi connectivity index (χ3v) is 3.21. The van der Waals surface area contributed by atoms with Gasteiger partial charge in [0.2, 0.25) is 0 Å². The molecule has 0 aliphatic heterocycles. The third-order valence-electron chi connectivity index (χ3n) is 3.21. The van der Waals surface area contributed by atoms with Crippen LogP contribution in [0.25, 0.3) is 0 Å². The Labute approximate surface area is 116 Å². The van der Waals surface area contributed by atoms with Crippen LogP contribution in [0, 0.1) is 18.8 Å². The molecule has 1 aromatic carbocycles. The van der Waals surface area contributed by atoms with Crippen molar-refractivity contribution in [3.63, 3.8) is 0 Å². The molecule has 1 rings (SSSR count). The number of benzene rings is 1. The lowest BCUT2D eigenvalue weighted by atomic mass is 9.92. The lowest BCUT2D eigenvalue weighted by Crippen LogP contribution is -2.37. The molecular weight excluding hydrogens is 238 g/mol. The Kier molecular flexibility index (Phi) is 5.87. The summed E-state index contributed by atoms with van der Waals surface area (Å²) in [6.45, 7) is 8.45. The molecule has 2 unspecified atom stereocenters. The SMILES string of the molecule is COC(=O)C(Nc1cccc(C)c1)C(C)CC(C)C. The van der Waals surface area contributed by atoms with Gasteiger partial charge in [0.15, 0.2) is 0 Å². The van der Waals surface area contributed by atoms with Crippen LogP contribution in [-0.4, -0.2) is 19.1 Å². The second-order valence-electron chi connectivity index (χ2n) is 5.62. The highest BCUT2D eigenvalue weighted by Crippen LogP contribution is 2.20. The van der Waals surface area contributed by atoms with Gasteiger partial charge in [-0.15, -0.1) is 0 Å². The molecule has 0 saturated heterocycles. The van der Waals surface area contributed by atoms with E-state index in [-0.39, 0.29) is 17.9 Å². The summed E-state index contributed by atoms with van der Waals surface area (Å²) in [6, 6.07) is 7.74. The average Bonchev–Trinajstić information content (AvgIpc) is 2.34. The maximum absolute atomic E-state index is 11.9. The van der Waals surface area contributed by atoms with Gasteiger partial charge in [0, 0.05) is 5.69 Å². The van der Waals surface area contributed by atoms with Gasteiger partial charge in [-0.3, -0.25) is 0 Å². The van der Waals surface area contributed by atoms with E-state index in [9.17, 15) is 4.79 Å². The molecule has 19 heavy (non-hydrogen) atoms. The third kappa shape index (κ3) is 4.93. The summed E-state index contributed by atoms with van der Waals surface area (Å²) >= 11 is 0. The predicted molar refractivity (Wildman–Crippen MR) is 79.2 cm³/mol. The van der Waals surface area contributed by atoms with E-state index in [1.165, 1.54) is 12.7 Å². The number of methoxy groups -OCH3 is 1. The Morgan fingerprint density at radius 2 is 2.00 bits per heavy atom. The molecule has 0 fully saturated rings. The van der Waals surface area contributed by atoms with Gasteiger partial charge in [-0.25, -0.2) is 4.79 Å². The van der Waals surface area contributed by atoms with Crippen LogP contribution in [0.4, 0.5) is 5.69 Å². The van der Waals surface area contributed by atoms with E-state index in [0.717, 1.165) is 12.1 Å². The number of hydrogen-bond donors (Lipinski definition) is 1. The number of carbonyl (C=O) groups is 1. The van der Waals surface area contributed by atoms with Crippen LogP contribution in [-0.2, 0) is 9.53 Å². The van der Waals surface area contributed by atoms with Crippen LogP contribution in [0.3, 0.4) is 0 Å². The van der Waals surface area contributed by atoms with E-state index >= 15 is 0 Å². The van der Waals surface area contributed by atoms with Crippen molar-refractivity contribution in [1.82, 2.24) is 0 Å². The second kappa shape index (κ2) is 7.17. The van der Waals surface area contributed by atoms with Gasteiger partial charge in [0.1, 0.15) is 6.04 Å². The average molecular weight is 263 g/mol. The molecule has 0 heterocycles. The molecule has 0 aliphatic carbocycles. The molecular formula is C16H25NO2. The molecule has 106 valence electrons. The number of anilines is 1. The number of rotatable bonds is 6. The molecule has 0 bridgehead atoms. The van der Waals surface area contributed by atoms with E-state index < -0.39 is 0 Å². The van der Waals surface area contributed by atoms with E-state index in [1.54, 1.807) is 0 Å². The molecule has 0 spiro atoms. The first-order chi connectivity index (χ1) is 8.93. The van der Waals surface area contributed by atoms with Crippen LogP contribution < -0.4 is 5.32 Å². The smallest absolute Gasteiger partial charge is 0.328 e. The second-order valence-corrected chi connectivity index (χ2v) is 5.62. The van der Waals surface area contributed by atoms with Gasteiger partial charge < -0.3 is 10.1 Å². The summed E-state index contributed by atoms with van der Waals surface area (Å²) in [7, 11) is 1.44. The molecule has 3 nitrogen and oxygen atoms in total. The number of hydrogen-bond acceptors (Lipinski definition) is 3. The van der Waals surface area contributed by atoms with E-state index in [4.69, 9.17) is 4.74 Å². The number of ether oxygens (including phenoxy) is 1. The summed E-state index contributed by atoms with van der Waals surface area (Å²) in [4.78, 5) is 11.9. The molecule has 2 atom stereocenters. The Bertz CT molecular complexity index is 415. The minimum atomic E-state index is -0.297. The molecule has 0 aromatic heterocycles. The van der Waals surface area contributed by atoms with E-state index in [0.29, 0.717) is 5.92 Å². The molecule has 1 aromatic rings. The van der Waals surface area contributed by atoms with E-state index in [1.807, 2.05) is 31.2 Å². The zero-order chi connectivity index (χ0) is 14.4. The first kappa shape index (κ1) is 15.5. The fourth-order valence-electron chi connectivity index (χ4n) is 2.35. The monoisotopic (exact) mass is 263 g/mol. The summed E-state index contributed by atoms with van der Waals surface area (Å²) in [5, 5.41) is 3.30. The lowest BCUT2D eigenvalue weighted by Gasteiger charge is -2.25. The maximum atomic E-state index is 11.9. The standard InChI is InChI=1S/C16H25NO2/c1-11(2)9-13(4)15(16(18)19-5)17-14-8-6-7-12(3)10-14/h6-8,10-11,13,15,17H,9H2,1-5H3. The van der Waals surface area contributed by atoms with Crippen molar-refractivity contribution < 1.29 is 9.53 Å². The summed E-state index contributed by atoms with van der Waals surface area (Å²) in [5.74, 6) is 0.587. The summed E-state index contributed by atoms with van der Waals surface area (Å²) < 4.78 is 4.92. The maximum Gasteiger partial charge on any atom is 0.328 e. The highest BCUT2D eigenvalue weighted by molar-refractivity contribution is 5.79. The van der Waals surface area contributed by atoms with Crippen LogP contribution in [0.2, 0.25) is 0 Å². The van der Waals surface area contributed by atoms with Gasteiger partial charge in [0.25, 0.3) is 0 Å². The number of carbonyl (C=O) groups excluding carboxylic acids is 1. The summed E-state index contributed by atoms with van der Waals surface area (Å²) in [5.41, 5.74) is 2.14. The van der Waals surface area contributed by atoms with Crippen LogP contribution in [0.5, 0.6) is 0 Å². The number of nitrogens with one attached hydrogen (secondary N) is 1. The molecule has 0 amide bonds. The van der Waals surface area contributed by atoms with E-state index in [2.05, 4.69) is 26.1 Å². The van der Waals surface area contributed by atoms with Crippen molar-refractivity contribution in [2.75, 3.05) is 12.4 Å². The minimum Gasteiger partial charge on any atom is -0.467 e. The fourth-order valence-corrected chi connectivity index (χ4v) is 2.35. The van der Waals surface area contributed by atoms with Crippen molar-refractivity contribution in [2.24, 2.45) is 11.8 Å².